The molecule has 132 valence electrons. The molecule has 4 nitrogen and oxygen atoms in total. The Labute approximate surface area is 147 Å². The number of nitrogens with zero attached hydrogens (tertiary/aromatic N) is 2. The van der Waals surface area contributed by atoms with E-state index in [1.165, 1.54) is 12.3 Å². The molecule has 1 saturated heterocycles. The Bertz CT molecular complexity index is 708. The van der Waals surface area contributed by atoms with E-state index in [0.717, 1.165) is 37.4 Å². The van der Waals surface area contributed by atoms with Crippen LogP contribution in [0.2, 0.25) is 0 Å². The highest BCUT2D eigenvalue weighted by Gasteiger charge is 2.29. The molecule has 0 radical (unpaired) electrons. The second-order valence-electron chi connectivity index (χ2n) is 6.52. The Kier molecular flexibility index (Phi) is 5.76. The fourth-order valence-electron chi connectivity index (χ4n) is 3.46. The summed E-state index contributed by atoms with van der Waals surface area (Å²) in [5, 5.41) is 10.6. The van der Waals surface area contributed by atoms with Gasteiger partial charge in [-0.05, 0) is 30.9 Å². The average molecular weight is 342 g/mol. The number of aliphatic hydroxyl groups is 1. The molecule has 1 aromatic carbocycles. The number of carbonyl (C=O) groups is 1. The molecule has 0 aliphatic carbocycles. The Balaban J connectivity index is 1.80. The lowest BCUT2D eigenvalue weighted by molar-refractivity contribution is 0.0583. The summed E-state index contributed by atoms with van der Waals surface area (Å²) in [6.45, 7) is 0.590. The molecule has 25 heavy (non-hydrogen) atoms. The summed E-state index contributed by atoms with van der Waals surface area (Å²) in [6.07, 6.45) is 6.10. The van der Waals surface area contributed by atoms with Crippen LogP contribution >= 0.6 is 0 Å². The van der Waals surface area contributed by atoms with E-state index in [2.05, 4.69) is 4.98 Å². The largest absolute Gasteiger partial charge is 0.388 e. The van der Waals surface area contributed by atoms with Crippen LogP contribution in [-0.2, 0) is 0 Å². The number of halogens is 1. The van der Waals surface area contributed by atoms with E-state index in [4.69, 9.17) is 0 Å². The van der Waals surface area contributed by atoms with Crippen molar-refractivity contribution in [1.82, 2.24) is 9.88 Å². The van der Waals surface area contributed by atoms with Gasteiger partial charge in [0, 0.05) is 18.8 Å². The number of hydrogen-bond donors (Lipinski definition) is 1. The standard InChI is InChI=1S/C20H23FN2O2/c21-18-14-22-11-10-17(18)20(25)23-12-6-2-5-9-16(23)13-19(24)15-7-3-1-4-8-15/h1,3-4,7-8,10-11,14,16,19,24H,2,5-6,9,12-13H2/t16-,19-/m1/s1. The maximum atomic E-state index is 14.0. The zero-order chi connectivity index (χ0) is 17.6. The quantitative estimate of drug-likeness (QED) is 0.921. The molecule has 0 unspecified atom stereocenters. The van der Waals surface area contributed by atoms with Crippen molar-refractivity contribution in [2.75, 3.05) is 6.54 Å². The third kappa shape index (κ3) is 4.23. The van der Waals surface area contributed by atoms with E-state index in [-0.39, 0.29) is 17.5 Å². The van der Waals surface area contributed by atoms with E-state index in [0.29, 0.717) is 13.0 Å². The lowest BCUT2D eigenvalue weighted by Crippen LogP contribution is -2.41. The van der Waals surface area contributed by atoms with Crippen molar-refractivity contribution in [3.05, 3.63) is 65.7 Å². The van der Waals surface area contributed by atoms with Crippen molar-refractivity contribution in [3.8, 4) is 0 Å². The molecule has 5 heteroatoms. The topological polar surface area (TPSA) is 53.4 Å². The highest BCUT2D eigenvalue weighted by Crippen LogP contribution is 2.27. The van der Waals surface area contributed by atoms with Crippen LogP contribution < -0.4 is 0 Å². The van der Waals surface area contributed by atoms with Crippen LogP contribution in [-0.4, -0.2) is 33.5 Å². The molecule has 1 fully saturated rings. The molecule has 1 N–H and O–H groups in total. The number of carbonyl (C=O) groups excluding carboxylic acids is 1. The summed E-state index contributed by atoms with van der Waals surface area (Å²) in [4.78, 5) is 18.3. The highest BCUT2D eigenvalue weighted by atomic mass is 19.1. The van der Waals surface area contributed by atoms with Crippen LogP contribution in [0.15, 0.2) is 48.8 Å². The number of aliphatic hydroxyl groups excluding tert-OH is 1. The number of pyridine rings is 1. The van der Waals surface area contributed by atoms with Crippen LogP contribution in [0, 0.1) is 5.82 Å². The van der Waals surface area contributed by atoms with E-state index in [1.807, 2.05) is 30.3 Å². The second-order valence-corrected chi connectivity index (χ2v) is 6.52. The fourth-order valence-corrected chi connectivity index (χ4v) is 3.46. The second kappa shape index (κ2) is 8.21. The number of benzene rings is 1. The maximum Gasteiger partial charge on any atom is 0.257 e. The van der Waals surface area contributed by atoms with E-state index < -0.39 is 11.9 Å². The first-order chi connectivity index (χ1) is 12.2. The third-order valence-corrected chi connectivity index (χ3v) is 4.82. The van der Waals surface area contributed by atoms with Gasteiger partial charge in [0.25, 0.3) is 5.91 Å². The number of hydrogen-bond acceptors (Lipinski definition) is 3. The molecule has 0 saturated carbocycles. The molecule has 1 amide bonds. The van der Waals surface area contributed by atoms with E-state index >= 15 is 0 Å². The molecular formula is C20H23FN2O2. The molecule has 1 aliphatic rings. The molecule has 1 aromatic heterocycles. The molecule has 2 heterocycles. The van der Waals surface area contributed by atoms with Crippen molar-refractivity contribution in [2.24, 2.45) is 0 Å². The Morgan fingerprint density at radius 1 is 1.24 bits per heavy atom. The van der Waals surface area contributed by atoms with Gasteiger partial charge in [0.15, 0.2) is 5.82 Å². The van der Waals surface area contributed by atoms with Gasteiger partial charge in [0.2, 0.25) is 0 Å². The zero-order valence-corrected chi connectivity index (χ0v) is 14.1. The number of likely N-dealkylation sites (tertiary alicyclic amines) is 1. The van der Waals surface area contributed by atoms with Gasteiger partial charge in [-0.3, -0.25) is 9.78 Å². The van der Waals surface area contributed by atoms with E-state index in [9.17, 15) is 14.3 Å². The SMILES string of the molecule is O=C(c1ccncc1F)N1CCCCC[C@@H]1C[C@@H](O)c1ccccc1. The number of rotatable bonds is 4. The van der Waals surface area contributed by atoms with Gasteiger partial charge in [0.1, 0.15) is 0 Å². The van der Waals surface area contributed by atoms with Gasteiger partial charge < -0.3 is 10.0 Å². The first-order valence-corrected chi connectivity index (χ1v) is 8.80. The lowest BCUT2D eigenvalue weighted by atomic mass is 9.97. The van der Waals surface area contributed by atoms with Crippen molar-refractivity contribution < 1.29 is 14.3 Å². The van der Waals surface area contributed by atoms with Crippen molar-refractivity contribution in [1.29, 1.82) is 0 Å². The van der Waals surface area contributed by atoms with Crippen LogP contribution in [0.4, 0.5) is 4.39 Å². The minimum atomic E-state index is -0.637. The first kappa shape index (κ1) is 17.5. The normalized spacial score (nSPS) is 19.3. The Morgan fingerprint density at radius 2 is 2.04 bits per heavy atom. The first-order valence-electron chi connectivity index (χ1n) is 8.80. The molecular weight excluding hydrogens is 319 g/mol. The van der Waals surface area contributed by atoms with Crippen molar-refractivity contribution in [3.63, 3.8) is 0 Å². The zero-order valence-electron chi connectivity index (χ0n) is 14.1. The van der Waals surface area contributed by atoms with Crippen molar-refractivity contribution in [2.45, 2.75) is 44.2 Å². The number of amides is 1. The molecule has 2 atom stereocenters. The Hall–Kier alpha value is -2.27. The van der Waals surface area contributed by atoms with Crippen LogP contribution in [0.25, 0.3) is 0 Å². The number of aromatic nitrogens is 1. The van der Waals surface area contributed by atoms with Crippen molar-refractivity contribution >= 4 is 5.91 Å². The predicted octanol–water partition coefficient (Wildman–Crippen LogP) is 3.73. The average Bonchev–Trinajstić information content (AvgIpc) is 2.88. The van der Waals surface area contributed by atoms with Gasteiger partial charge in [0.05, 0.1) is 17.9 Å². The van der Waals surface area contributed by atoms with Gasteiger partial charge in [-0.1, -0.05) is 43.2 Å². The highest BCUT2D eigenvalue weighted by molar-refractivity contribution is 5.94. The summed E-state index contributed by atoms with van der Waals surface area (Å²) in [5.41, 5.74) is 0.894. The summed E-state index contributed by atoms with van der Waals surface area (Å²) in [5.74, 6) is -0.911. The van der Waals surface area contributed by atoms with Crippen LogP contribution in [0.5, 0.6) is 0 Å². The minimum absolute atomic E-state index is 0.0519. The van der Waals surface area contributed by atoms with Crippen LogP contribution in [0.1, 0.15) is 54.1 Å². The molecule has 3 rings (SSSR count). The summed E-state index contributed by atoms with van der Waals surface area (Å²) < 4.78 is 14.0. The summed E-state index contributed by atoms with van der Waals surface area (Å²) in [7, 11) is 0. The summed E-state index contributed by atoms with van der Waals surface area (Å²) in [6, 6.07) is 10.8. The monoisotopic (exact) mass is 342 g/mol. The van der Waals surface area contributed by atoms with Crippen LogP contribution in [0.3, 0.4) is 0 Å². The molecule has 2 aromatic rings. The Morgan fingerprint density at radius 3 is 2.80 bits per heavy atom. The van der Waals surface area contributed by atoms with Gasteiger partial charge >= 0.3 is 0 Å². The maximum absolute atomic E-state index is 14.0. The molecule has 0 bridgehead atoms. The van der Waals surface area contributed by atoms with E-state index in [1.54, 1.807) is 4.90 Å². The summed E-state index contributed by atoms with van der Waals surface area (Å²) >= 11 is 0. The third-order valence-electron chi connectivity index (χ3n) is 4.82. The fraction of sp³-hybridized carbons (Fsp3) is 0.400. The van der Waals surface area contributed by atoms with Gasteiger partial charge in [-0.2, -0.15) is 0 Å². The van der Waals surface area contributed by atoms with Gasteiger partial charge in [-0.25, -0.2) is 4.39 Å². The lowest BCUT2D eigenvalue weighted by Gasteiger charge is -2.32. The smallest absolute Gasteiger partial charge is 0.257 e. The minimum Gasteiger partial charge on any atom is -0.388 e. The molecule has 0 spiro atoms. The molecule has 1 aliphatic heterocycles. The predicted molar refractivity (Wildman–Crippen MR) is 93.5 cm³/mol. The van der Waals surface area contributed by atoms with Gasteiger partial charge in [-0.15, -0.1) is 0 Å².